The zero-order valence-corrected chi connectivity index (χ0v) is 5.37. The highest BCUT2D eigenvalue weighted by Crippen LogP contribution is 2.31. The quantitative estimate of drug-likeness (QED) is 0.548. The van der Waals surface area contributed by atoms with Gasteiger partial charge in [-0.3, -0.25) is 4.99 Å². The van der Waals surface area contributed by atoms with E-state index in [0.29, 0.717) is 0 Å². The molecule has 0 saturated heterocycles. The second kappa shape index (κ2) is 1.87. The number of hydrogen-bond donors (Lipinski definition) is 1. The number of aliphatic imine (C=N–C) groups is 1. The number of halogens is 3. The van der Waals surface area contributed by atoms with E-state index >= 15 is 0 Å². The lowest BCUT2D eigenvalue weighted by Gasteiger charge is -2.26. The van der Waals surface area contributed by atoms with Gasteiger partial charge < -0.3 is 5.32 Å². The van der Waals surface area contributed by atoms with Gasteiger partial charge in [0.25, 0.3) is 0 Å². The molecule has 5 heteroatoms. The van der Waals surface area contributed by atoms with Gasteiger partial charge in [0.15, 0.2) is 5.54 Å². The van der Waals surface area contributed by atoms with E-state index in [2.05, 4.69) is 10.3 Å². The van der Waals surface area contributed by atoms with E-state index in [9.17, 15) is 13.2 Å². The number of nitrogens with zero attached hydrogens (tertiary/aromatic N) is 1. The van der Waals surface area contributed by atoms with Crippen molar-refractivity contribution in [1.82, 2.24) is 5.32 Å². The van der Waals surface area contributed by atoms with Crippen molar-refractivity contribution in [3.05, 3.63) is 0 Å². The van der Waals surface area contributed by atoms with E-state index in [-0.39, 0.29) is 6.54 Å². The molecule has 0 unspecified atom stereocenters. The van der Waals surface area contributed by atoms with Crippen molar-refractivity contribution < 1.29 is 13.2 Å². The van der Waals surface area contributed by atoms with Crippen molar-refractivity contribution in [3.8, 4) is 0 Å². The third kappa shape index (κ3) is 0.955. The van der Waals surface area contributed by atoms with Gasteiger partial charge in [-0.2, -0.15) is 13.2 Å². The van der Waals surface area contributed by atoms with Crippen molar-refractivity contribution in [2.75, 3.05) is 6.54 Å². The van der Waals surface area contributed by atoms with Crippen LogP contribution in [-0.2, 0) is 0 Å². The first-order valence-electron chi connectivity index (χ1n) is 2.78. The Labute approximate surface area is 56.1 Å². The summed E-state index contributed by atoms with van der Waals surface area (Å²) in [4.78, 5) is 3.45. The molecular formula is C5H7F3N2. The van der Waals surface area contributed by atoms with Gasteiger partial charge in [-0.25, -0.2) is 0 Å². The number of alkyl halides is 3. The monoisotopic (exact) mass is 152 g/mol. The minimum atomic E-state index is -4.22. The van der Waals surface area contributed by atoms with Crippen LogP contribution >= 0.6 is 0 Å². The highest BCUT2D eigenvalue weighted by Gasteiger charge is 2.52. The van der Waals surface area contributed by atoms with Gasteiger partial charge in [-0.1, -0.05) is 0 Å². The molecule has 58 valence electrons. The summed E-state index contributed by atoms with van der Waals surface area (Å²) in [5.41, 5.74) is -1.84. The van der Waals surface area contributed by atoms with Crippen molar-refractivity contribution in [2.24, 2.45) is 4.99 Å². The molecule has 0 aromatic rings. The Morgan fingerprint density at radius 1 is 1.60 bits per heavy atom. The van der Waals surface area contributed by atoms with Crippen LogP contribution in [0, 0.1) is 0 Å². The molecule has 1 aliphatic rings. The Kier molecular flexibility index (Phi) is 1.38. The van der Waals surface area contributed by atoms with Crippen LogP contribution in [-0.4, -0.2) is 24.6 Å². The Morgan fingerprint density at radius 3 is 2.40 bits per heavy atom. The summed E-state index contributed by atoms with van der Waals surface area (Å²) >= 11 is 0. The molecular weight excluding hydrogens is 145 g/mol. The molecule has 0 aliphatic carbocycles. The smallest absolute Gasteiger partial charge is 0.361 e. The molecule has 2 nitrogen and oxygen atoms in total. The predicted octanol–water partition coefficient (Wildman–Crippen LogP) is 0.939. The second-order valence-corrected chi connectivity index (χ2v) is 2.44. The first kappa shape index (κ1) is 7.37. The molecule has 0 amide bonds. The highest BCUT2D eigenvalue weighted by molar-refractivity contribution is 5.59. The van der Waals surface area contributed by atoms with Crippen LogP contribution in [0.2, 0.25) is 0 Å². The molecule has 1 aliphatic heterocycles. The second-order valence-electron chi connectivity index (χ2n) is 2.44. The van der Waals surface area contributed by atoms with Gasteiger partial charge >= 0.3 is 6.18 Å². The molecule has 0 fully saturated rings. The van der Waals surface area contributed by atoms with E-state index in [1.54, 1.807) is 0 Å². The van der Waals surface area contributed by atoms with E-state index in [4.69, 9.17) is 0 Å². The lowest BCUT2D eigenvalue weighted by molar-refractivity contribution is -0.181. The molecule has 10 heavy (non-hydrogen) atoms. The fraction of sp³-hybridized carbons (Fsp3) is 0.800. The standard InChI is InChI=1S/C5H7F3N2/c1-4(5(6,7)8)2-9-3-10-4/h3H,2H2,1H3,(H,9,10)/t4-/m0/s1. The molecule has 1 heterocycles. The van der Waals surface area contributed by atoms with Crippen molar-refractivity contribution >= 4 is 6.34 Å². The van der Waals surface area contributed by atoms with Crippen LogP contribution in [0.3, 0.4) is 0 Å². The van der Waals surface area contributed by atoms with Gasteiger partial charge in [0, 0.05) is 0 Å². The predicted molar refractivity (Wildman–Crippen MR) is 31.0 cm³/mol. The third-order valence-electron chi connectivity index (χ3n) is 1.51. The summed E-state index contributed by atoms with van der Waals surface area (Å²) in [6.07, 6.45) is -3.13. The van der Waals surface area contributed by atoms with Crippen LogP contribution in [0.1, 0.15) is 6.92 Å². The molecule has 0 aromatic heterocycles. The number of hydrogen-bond acceptors (Lipinski definition) is 2. The third-order valence-corrected chi connectivity index (χ3v) is 1.51. The minimum absolute atomic E-state index is 0.226. The molecule has 0 spiro atoms. The molecule has 1 rings (SSSR count). The number of rotatable bonds is 0. The van der Waals surface area contributed by atoms with Crippen LogP contribution in [0.4, 0.5) is 13.2 Å². The summed E-state index contributed by atoms with van der Waals surface area (Å²) in [6.45, 7) is 0.858. The molecule has 0 saturated carbocycles. The van der Waals surface area contributed by atoms with Crippen molar-refractivity contribution in [1.29, 1.82) is 0 Å². The summed E-state index contributed by atoms with van der Waals surface area (Å²) in [6, 6.07) is 0. The normalized spacial score (nSPS) is 32.4. The van der Waals surface area contributed by atoms with E-state index in [1.807, 2.05) is 0 Å². The Bertz CT molecular complexity index is 153. The molecule has 0 radical (unpaired) electrons. The van der Waals surface area contributed by atoms with Crippen molar-refractivity contribution in [3.63, 3.8) is 0 Å². The fourth-order valence-electron chi connectivity index (χ4n) is 0.633. The fourth-order valence-corrected chi connectivity index (χ4v) is 0.633. The van der Waals surface area contributed by atoms with Crippen molar-refractivity contribution in [2.45, 2.75) is 18.6 Å². The van der Waals surface area contributed by atoms with E-state index < -0.39 is 11.7 Å². The molecule has 0 bridgehead atoms. The van der Waals surface area contributed by atoms with E-state index in [1.165, 1.54) is 0 Å². The Balaban J connectivity index is 2.71. The maximum absolute atomic E-state index is 12.0. The maximum atomic E-state index is 12.0. The summed E-state index contributed by atoms with van der Waals surface area (Å²) in [5, 5.41) is 2.16. The van der Waals surface area contributed by atoms with Gasteiger partial charge in [-0.15, -0.1) is 0 Å². The average Bonchev–Trinajstić information content (AvgIpc) is 2.13. The van der Waals surface area contributed by atoms with Gasteiger partial charge in [0.05, 0.1) is 12.9 Å². The molecule has 1 atom stereocenters. The Hall–Kier alpha value is -0.740. The lowest BCUT2D eigenvalue weighted by atomic mass is 10.0. The largest absolute Gasteiger partial charge is 0.412 e. The summed E-state index contributed by atoms with van der Waals surface area (Å²) in [5.74, 6) is 0. The summed E-state index contributed by atoms with van der Waals surface area (Å²) < 4.78 is 36.0. The topological polar surface area (TPSA) is 24.4 Å². The SMILES string of the molecule is C[C@@]1(C(F)(F)F)CN=CN1. The highest BCUT2D eigenvalue weighted by atomic mass is 19.4. The number of nitrogens with one attached hydrogen (secondary N) is 1. The summed E-state index contributed by atoms with van der Waals surface area (Å²) in [7, 11) is 0. The van der Waals surface area contributed by atoms with Crippen LogP contribution in [0.15, 0.2) is 4.99 Å². The average molecular weight is 152 g/mol. The first-order valence-corrected chi connectivity index (χ1v) is 2.78. The van der Waals surface area contributed by atoms with E-state index in [0.717, 1.165) is 13.3 Å². The molecule has 1 N–H and O–H groups in total. The maximum Gasteiger partial charge on any atom is 0.412 e. The lowest BCUT2D eigenvalue weighted by Crippen LogP contribution is -2.53. The van der Waals surface area contributed by atoms with Gasteiger partial charge in [0.2, 0.25) is 0 Å². The van der Waals surface area contributed by atoms with Gasteiger partial charge in [0.1, 0.15) is 0 Å². The zero-order chi connectivity index (χ0) is 7.83. The van der Waals surface area contributed by atoms with Crippen LogP contribution in [0.25, 0.3) is 0 Å². The first-order chi connectivity index (χ1) is 4.46. The van der Waals surface area contributed by atoms with Crippen LogP contribution in [0.5, 0.6) is 0 Å². The van der Waals surface area contributed by atoms with Gasteiger partial charge in [-0.05, 0) is 6.92 Å². The minimum Gasteiger partial charge on any atom is -0.361 e. The zero-order valence-electron chi connectivity index (χ0n) is 5.37. The van der Waals surface area contributed by atoms with Crippen LogP contribution < -0.4 is 5.32 Å². The molecule has 0 aromatic carbocycles. The Morgan fingerprint density at radius 2 is 2.20 bits per heavy atom.